The Labute approximate surface area is 507 Å². The van der Waals surface area contributed by atoms with Crippen LogP contribution in [-0.4, -0.2) is 91.3 Å². The molecule has 6 rings (SSSR count). The molecule has 0 fully saturated rings. The second kappa shape index (κ2) is 31.3. The van der Waals surface area contributed by atoms with Crippen molar-refractivity contribution in [1.29, 1.82) is 0 Å². The molecule has 0 spiro atoms. The standard InChI is InChI=1S/2C16H9N4O9S.Cu.4Na.2O3S/c2*21-15-11-3-2-10(30(27,28)29)5-8(11)1-4-12(15)17-18-13-6-9(19(23)24)7-14(16(13)22)20(25)26;;;;;;2*1-4(2)3/h2*1-3,5-7,21-22H,(H,27,28,29);;;;;;;/q2*-1;;4*+1;;/p-2. The number of rotatable bonds is 10. The zero-order valence-corrected chi connectivity index (χ0v) is 48.6. The molecule has 32 nitrogen and oxygen atoms in total. The van der Waals surface area contributed by atoms with E-state index in [1.807, 2.05) is 0 Å². The van der Waals surface area contributed by atoms with E-state index >= 15 is 0 Å². The number of aromatic hydroxyl groups is 4. The third-order valence-corrected chi connectivity index (χ3v) is 9.41. The number of hydrogen-bond acceptors (Lipinski definition) is 28. The van der Waals surface area contributed by atoms with Gasteiger partial charge in [-0.05, 0) is 12.1 Å². The summed E-state index contributed by atoms with van der Waals surface area (Å²) >= 11 is 0. The molecule has 0 saturated carbocycles. The summed E-state index contributed by atoms with van der Waals surface area (Å²) in [6, 6.07) is 16.2. The van der Waals surface area contributed by atoms with Crippen molar-refractivity contribution in [2.24, 2.45) is 20.5 Å². The van der Waals surface area contributed by atoms with Gasteiger partial charge in [-0.1, -0.05) is 35.0 Å². The maximum atomic E-state index is 11.1. The van der Waals surface area contributed by atoms with E-state index in [0.717, 1.165) is 48.5 Å². The summed E-state index contributed by atoms with van der Waals surface area (Å²) in [5, 5.41) is 98.9. The molecule has 0 heterocycles. The molecule has 6 aromatic rings. The Morgan fingerprint density at radius 1 is 0.466 bits per heavy atom. The number of azo groups is 2. The van der Waals surface area contributed by atoms with Gasteiger partial charge >= 0.3 is 151 Å². The maximum absolute atomic E-state index is 11.1. The molecule has 6 aromatic carbocycles. The van der Waals surface area contributed by atoms with E-state index in [1.165, 1.54) is 12.1 Å². The average Bonchev–Trinajstić information content (AvgIpc) is 3.22. The normalized spacial score (nSPS) is 10.3. The summed E-state index contributed by atoms with van der Waals surface area (Å²) in [6.45, 7) is 0. The average molecular weight is 1180 g/mol. The Bertz CT molecular complexity index is 3390. The van der Waals surface area contributed by atoms with Gasteiger partial charge in [0.1, 0.15) is 31.6 Å². The van der Waals surface area contributed by atoms with Crippen molar-refractivity contribution in [2.75, 3.05) is 0 Å². The van der Waals surface area contributed by atoms with Crippen LogP contribution in [0.2, 0.25) is 0 Å². The van der Waals surface area contributed by atoms with Crippen LogP contribution >= 0.6 is 0 Å². The van der Waals surface area contributed by atoms with Crippen LogP contribution in [0.1, 0.15) is 0 Å². The third-order valence-electron chi connectivity index (χ3n) is 7.75. The molecule has 367 valence electrons. The fraction of sp³-hybridized carbons (Fsp3) is 0. The first-order chi connectivity index (χ1) is 31.4. The number of nitrogens with zero attached hydrogens (tertiary/aromatic N) is 8. The number of non-ortho nitro benzene ring substituents is 2. The molecule has 0 saturated heterocycles. The van der Waals surface area contributed by atoms with Crippen LogP contribution in [0.3, 0.4) is 0 Å². The Morgan fingerprint density at radius 3 is 1.00 bits per heavy atom. The summed E-state index contributed by atoms with van der Waals surface area (Å²) in [6.07, 6.45) is 0. The molecule has 41 heteroatoms. The zero-order valence-electron chi connectivity index (χ0n) is 36.4. The van der Waals surface area contributed by atoms with Gasteiger partial charge in [-0.3, -0.25) is 40.5 Å². The second-order valence-corrected chi connectivity index (χ2v) is 15.5. The Morgan fingerprint density at radius 2 is 0.753 bits per heavy atom. The molecule has 0 aliphatic rings. The van der Waals surface area contributed by atoms with E-state index in [1.54, 1.807) is 0 Å². The van der Waals surface area contributed by atoms with Crippen molar-refractivity contribution in [2.45, 2.75) is 9.79 Å². The van der Waals surface area contributed by atoms with Gasteiger partial charge in [-0.15, -0.1) is 46.3 Å². The van der Waals surface area contributed by atoms with Gasteiger partial charge in [0.05, 0.1) is 31.8 Å². The first kappa shape index (κ1) is 72.7. The van der Waals surface area contributed by atoms with E-state index in [0.29, 0.717) is 12.1 Å². The quantitative estimate of drug-likeness (QED) is 0.0247. The minimum absolute atomic E-state index is 0. The van der Waals surface area contributed by atoms with E-state index in [2.05, 4.69) is 32.6 Å². The molecule has 0 atom stereocenters. The van der Waals surface area contributed by atoms with Crippen LogP contribution in [0.15, 0.2) is 103 Å². The number of fused-ring (bicyclic) bond motifs is 2. The molecule has 0 aromatic heterocycles. The van der Waals surface area contributed by atoms with Gasteiger partial charge in [-0.25, -0.2) is 16.8 Å². The number of phenols is 4. The summed E-state index contributed by atoms with van der Waals surface area (Å²) in [5.74, 6) is -2.99. The summed E-state index contributed by atoms with van der Waals surface area (Å²) in [4.78, 5) is 38.8. The predicted molar refractivity (Wildman–Crippen MR) is 215 cm³/mol. The minimum Gasteiger partial charge on any atom is -0.744 e. The molecule has 0 bridgehead atoms. The van der Waals surface area contributed by atoms with Gasteiger partial charge in [-0.2, -0.15) is 34.5 Å². The smallest absolute Gasteiger partial charge is 0.744 e. The minimum atomic E-state index is -4.72. The van der Waals surface area contributed by atoms with Crippen molar-refractivity contribution < 1.29 is 227 Å². The predicted octanol–water partition coefficient (Wildman–Crippen LogP) is -7.62. The fourth-order valence-corrected chi connectivity index (χ4v) is 5.94. The Hall–Kier alpha value is -4.58. The Balaban J connectivity index is -0.00000110. The zero-order chi connectivity index (χ0) is 51.6. The third kappa shape index (κ3) is 20.9. The van der Waals surface area contributed by atoms with Gasteiger partial charge < -0.3 is 29.5 Å². The van der Waals surface area contributed by atoms with E-state index in [4.69, 9.17) is 25.3 Å². The van der Waals surface area contributed by atoms with Gasteiger partial charge in [0.15, 0.2) is 0 Å². The second-order valence-electron chi connectivity index (χ2n) is 11.9. The molecule has 4 N–H and O–H groups in total. The van der Waals surface area contributed by atoms with Gasteiger partial charge in [0.2, 0.25) is 11.5 Å². The molecule has 0 amide bonds. The molecular formula is C32H16CuN8Na4O24S4. The van der Waals surface area contributed by atoms with Crippen LogP contribution in [-0.2, 0) is 58.5 Å². The topological polar surface area (TPSA) is 520 Å². The largest absolute Gasteiger partial charge is 1.00 e. The maximum Gasteiger partial charge on any atom is 1.00 e. The number of phenolic OH excluding ortho intramolecular Hbond substituents is 4. The van der Waals surface area contributed by atoms with Crippen LogP contribution in [0.4, 0.5) is 45.5 Å². The van der Waals surface area contributed by atoms with E-state index in [-0.39, 0.29) is 168 Å². The van der Waals surface area contributed by atoms with Gasteiger partial charge in [0.25, 0.3) is 11.4 Å². The van der Waals surface area contributed by atoms with Crippen molar-refractivity contribution in [3.8, 4) is 23.0 Å². The van der Waals surface area contributed by atoms with Crippen LogP contribution in [0.25, 0.3) is 21.5 Å². The van der Waals surface area contributed by atoms with Crippen molar-refractivity contribution >= 4 is 108 Å². The van der Waals surface area contributed by atoms with Crippen LogP contribution < -0.4 is 118 Å². The van der Waals surface area contributed by atoms with Crippen molar-refractivity contribution in [3.63, 3.8) is 0 Å². The molecule has 0 unspecified atom stereocenters. The Kier molecular flexibility index (Phi) is 31.2. The van der Waals surface area contributed by atoms with Crippen molar-refractivity contribution in [1.82, 2.24) is 0 Å². The molecule has 73 heavy (non-hydrogen) atoms. The van der Waals surface area contributed by atoms with Crippen LogP contribution in [0, 0.1) is 52.6 Å². The SMILES string of the molecule is O=S(=O)=O.O=S(=O)=O.O=[N+]([O-])c1cc(N=Nc2[c-]cc3cc(S(=O)(=O)[O-])ccc3c2O)c(O)c([N+](=O)[O-])c1.O=[N+]([O-])c1cc(N=Nc2[c-]cc3cc(S(=O)(=O)[O-])ccc3c2O)c(O)c([N+](=O)[O-])c1.[Cu].[Na+].[Na+].[Na+].[Na+]. The number of benzene rings is 6. The molecule has 0 aliphatic carbocycles. The van der Waals surface area contributed by atoms with E-state index < -0.39 is 128 Å². The van der Waals surface area contributed by atoms with Crippen LogP contribution in [0.5, 0.6) is 23.0 Å². The summed E-state index contributed by atoms with van der Waals surface area (Å²) in [5.41, 5.74) is -5.18. The van der Waals surface area contributed by atoms with Crippen molar-refractivity contribution in [3.05, 3.63) is 125 Å². The number of nitro groups is 4. The molecule has 0 aliphatic heterocycles. The first-order valence-electron chi connectivity index (χ1n) is 16.4. The number of hydrogen-bond donors (Lipinski definition) is 4. The summed E-state index contributed by atoms with van der Waals surface area (Å²) in [7, 11) is -15.7. The number of nitro benzene ring substituents is 4. The monoisotopic (exact) mass is 1180 g/mol. The fourth-order valence-electron chi connectivity index (χ4n) is 4.93. The molecule has 1 radical (unpaired) electrons. The summed E-state index contributed by atoms with van der Waals surface area (Å²) < 4.78 is 117. The first-order valence-corrected chi connectivity index (χ1v) is 21.2. The molecular weight excluding hydrogens is 1160 g/mol. The van der Waals surface area contributed by atoms with E-state index in [9.17, 15) is 86.8 Å². The van der Waals surface area contributed by atoms with Gasteiger partial charge in [0, 0.05) is 61.9 Å².